The van der Waals surface area contributed by atoms with E-state index in [0.717, 1.165) is 29.7 Å². The Morgan fingerprint density at radius 3 is 2.42 bits per heavy atom. The minimum absolute atomic E-state index is 0.518. The molecule has 0 atom stereocenters. The molecule has 0 amide bonds. The fraction of sp³-hybridized carbons (Fsp3) is 0.316. The summed E-state index contributed by atoms with van der Waals surface area (Å²) in [6.07, 6.45) is 0.810. The summed E-state index contributed by atoms with van der Waals surface area (Å²) in [6, 6.07) is 11.1. The first-order valence-corrected chi connectivity index (χ1v) is 7.68. The summed E-state index contributed by atoms with van der Waals surface area (Å²) in [7, 11) is 7.17. The van der Waals surface area contributed by atoms with Crippen LogP contribution in [0.4, 0.5) is 0 Å². The van der Waals surface area contributed by atoms with Crippen LogP contribution >= 0.6 is 0 Å². The molecule has 5 nitrogen and oxygen atoms in total. The Labute approximate surface area is 142 Å². The van der Waals surface area contributed by atoms with Gasteiger partial charge in [-0.1, -0.05) is 6.07 Å². The maximum atomic E-state index is 11.4. The molecular formula is C19H23NO4. The monoisotopic (exact) mass is 329 g/mol. The predicted molar refractivity (Wildman–Crippen MR) is 94.4 cm³/mol. The van der Waals surface area contributed by atoms with Crippen LogP contribution in [0.15, 0.2) is 36.4 Å². The number of rotatable bonds is 8. The highest BCUT2D eigenvalue weighted by atomic mass is 16.5. The minimum Gasteiger partial charge on any atom is -0.497 e. The number of benzene rings is 2. The van der Waals surface area contributed by atoms with Gasteiger partial charge in [0.05, 0.1) is 19.8 Å². The molecule has 0 aromatic heterocycles. The van der Waals surface area contributed by atoms with E-state index in [9.17, 15) is 4.79 Å². The van der Waals surface area contributed by atoms with Crippen molar-refractivity contribution in [2.45, 2.75) is 0 Å². The lowest BCUT2D eigenvalue weighted by Crippen LogP contribution is -2.19. The van der Waals surface area contributed by atoms with E-state index in [1.165, 1.54) is 0 Å². The topological polar surface area (TPSA) is 48.0 Å². The van der Waals surface area contributed by atoms with E-state index < -0.39 is 0 Å². The summed E-state index contributed by atoms with van der Waals surface area (Å²) in [6.45, 7) is 1.31. The maximum Gasteiger partial charge on any atom is 0.153 e. The summed E-state index contributed by atoms with van der Waals surface area (Å²) in [5, 5.41) is 0. The number of aldehydes is 1. The van der Waals surface area contributed by atoms with E-state index in [-0.39, 0.29) is 0 Å². The van der Waals surface area contributed by atoms with Gasteiger partial charge in [-0.3, -0.25) is 4.79 Å². The Hall–Kier alpha value is -2.53. The third-order valence-electron chi connectivity index (χ3n) is 3.65. The van der Waals surface area contributed by atoms with Crippen LogP contribution in [0.25, 0.3) is 11.1 Å². The molecule has 0 bridgehead atoms. The molecule has 0 heterocycles. The van der Waals surface area contributed by atoms with Crippen LogP contribution in [0.2, 0.25) is 0 Å². The fourth-order valence-electron chi connectivity index (χ4n) is 2.31. The molecule has 0 unspecified atom stereocenters. The molecule has 5 heteroatoms. The molecule has 24 heavy (non-hydrogen) atoms. The summed E-state index contributed by atoms with van der Waals surface area (Å²) >= 11 is 0. The van der Waals surface area contributed by atoms with Crippen LogP contribution in [0.5, 0.6) is 17.2 Å². The van der Waals surface area contributed by atoms with Crippen molar-refractivity contribution >= 4 is 6.29 Å². The molecule has 0 aliphatic rings. The summed E-state index contributed by atoms with van der Waals surface area (Å²) in [5.41, 5.74) is 2.29. The Balaban J connectivity index is 2.30. The van der Waals surface area contributed by atoms with Crippen molar-refractivity contribution in [2.75, 3.05) is 41.5 Å². The van der Waals surface area contributed by atoms with Crippen LogP contribution < -0.4 is 14.2 Å². The third kappa shape index (κ3) is 4.26. The number of ether oxygens (including phenoxy) is 3. The van der Waals surface area contributed by atoms with E-state index in [0.29, 0.717) is 23.7 Å². The van der Waals surface area contributed by atoms with Gasteiger partial charge in [-0.25, -0.2) is 0 Å². The second-order valence-corrected chi connectivity index (χ2v) is 5.59. The molecule has 0 spiro atoms. The standard InChI is InChI=1S/C19H23NO4/c1-20(2)9-10-24-18-8-5-14(11-15(18)13-21)17-7-6-16(22-3)12-19(17)23-4/h5-8,11-13H,9-10H2,1-4H3. The minimum atomic E-state index is 0.518. The molecule has 0 N–H and O–H groups in total. The van der Waals surface area contributed by atoms with Crippen molar-refractivity contribution in [1.82, 2.24) is 4.90 Å². The lowest BCUT2D eigenvalue weighted by Gasteiger charge is -2.14. The molecular weight excluding hydrogens is 306 g/mol. The van der Waals surface area contributed by atoms with Gasteiger partial charge in [-0.05, 0) is 43.9 Å². The van der Waals surface area contributed by atoms with Crippen molar-refractivity contribution in [1.29, 1.82) is 0 Å². The van der Waals surface area contributed by atoms with Gasteiger partial charge >= 0.3 is 0 Å². The van der Waals surface area contributed by atoms with Gasteiger partial charge in [0.25, 0.3) is 0 Å². The summed E-state index contributed by atoms with van der Waals surface area (Å²) < 4.78 is 16.3. The van der Waals surface area contributed by atoms with Crippen molar-refractivity contribution < 1.29 is 19.0 Å². The molecule has 0 radical (unpaired) electrons. The van der Waals surface area contributed by atoms with Crippen LogP contribution in [0.1, 0.15) is 10.4 Å². The van der Waals surface area contributed by atoms with Gasteiger partial charge in [0.15, 0.2) is 6.29 Å². The Morgan fingerprint density at radius 1 is 1.00 bits per heavy atom. The quantitative estimate of drug-likeness (QED) is 0.697. The van der Waals surface area contributed by atoms with Crippen molar-refractivity contribution in [2.24, 2.45) is 0 Å². The fourth-order valence-corrected chi connectivity index (χ4v) is 2.31. The lowest BCUT2D eigenvalue weighted by molar-refractivity contribution is 0.111. The van der Waals surface area contributed by atoms with Gasteiger partial charge in [0.1, 0.15) is 23.9 Å². The molecule has 2 rings (SSSR count). The molecule has 0 aliphatic heterocycles. The molecule has 0 fully saturated rings. The molecule has 0 saturated carbocycles. The molecule has 2 aromatic carbocycles. The number of likely N-dealkylation sites (N-methyl/N-ethyl adjacent to an activating group) is 1. The van der Waals surface area contributed by atoms with Crippen LogP contribution in [0, 0.1) is 0 Å². The van der Waals surface area contributed by atoms with Gasteiger partial charge in [0, 0.05) is 18.2 Å². The van der Waals surface area contributed by atoms with E-state index in [1.807, 2.05) is 55.4 Å². The van der Waals surface area contributed by atoms with Gasteiger partial charge in [-0.15, -0.1) is 0 Å². The highest BCUT2D eigenvalue weighted by molar-refractivity contribution is 5.84. The summed E-state index contributed by atoms with van der Waals surface area (Å²) in [5.74, 6) is 1.99. The number of carbonyl (C=O) groups excluding carboxylic acids is 1. The van der Waals surface area contributed by atoms with Crippen LogP contribution in [-0.4, -0.2) is 52.7 Å². The zero-order valence-corrected chi connectivity index (χ0v) is 14.5. The number of methoxy groups -OCH3 is 2. The lowest BCUT2D eigenvalue weighted by atomic mass is 10.0. The van der Waals surface area contributed by atoms with Gasteiger partial charge in [-0.2, -0.15) is 0 Å². The predicted octanol–water partition coefficient (Wildman–Crippen LogP) is 3.12. The largest absolute Gasteiger partial charge is 0.497 e. The molecule has 0 aliphatic carbocycles. The molecule has 128 valence electrons. The molecule has 2 aromatic rings. The Kier molecular flexibility index (Phi) is 6.21. The zero-order chi connectivity index (χ0) is 17.5. The first-order chi connectivity index (χ1) is 11.6. The van der Waals surface area contributed by atoms with E-state index in [2.05, 4.69) is 0 Å². The highest BCUT2D eigenvalue weighted by Crippen LogP contribution is 2.35. The smallest absolute Gasteiger partial charge is 0.153 e. The van der Waals surface area contributed by atoms with Crippen molar-refractivity contribution in [3.63, 3.8) is 0 Å². The number of carbonyl (C=O) groups is 1. The zero-order valence-electron chi connectivity index (χ0n) is 14.5. The average molecular weight is 329 g/mol. The maximum absolute atomic E-state index is 11.4. The third-order valence-corrected chi connectivity index (χ3v) is 3.65. The van der Waals surface area contributed by atoms with Crippen molar-refractivity contribution in [3.8, 4) is 28.4 Å². The number of hydrogen-bond acceptors (Lipinski definition) is 5. The van der Waals surface area contributed by atoms with Crippen molar-refractivity contribution in [3.05, 3.63) is 42.0 Å². The first-order valence-electron chi connectivity index (χ1n) is 7.68. The number of nitrogens with zero attached hydrogens (tertiary/aromatic N) is 1. The van der Waals surface area contributed by atoms with Gasteiger partial charge in [0.2, 0.25) is 0 Å². The van der Waals surface area contributed by atoms with E-state index >= 15 is 0 Å². The highest BCUT2D eigenvalue weighted by Gasteiger charge is 2.11. The van der Waals surface area contributed by atoms with Crippen LogP contribution in [0.3, 0.4) is 0 Å². The second kappa shape index (κ2) is 8.36. The summed E-state index contributed by atoms with van der Waals surface area (Å²) in [4.78, 5) is 13.4. The molecule has 0 saturated heterocycles. The van der Waals surface area contributed by atoms with E-state index in [1.54, 1.807) is 14.2 Å². The first kappa shape index (κ1) is 17.8. The Morgan fingerprint density at radius 2 is 1.79 bits per heavy atom. The second-order valence-electron chi connectivity index (χ2n) is 5.59. The normalized spacial score (nSPS) is 10.5. The SMILES string of the molecule is COc1ccc(-c2ccc(OCCN(C)C)c(C=O)c2)c(OC)c1. The van der Waals surface area contributed by atoms with E-state index in [4.69, 9.17) is 14.2 Å². The average Bonchev–Trinajstić information content (AvgIpc) is 2.61. The number of hydrogen-bond donors (Lipinski definition) is 0. The van der Waals surface area contributed by atoms with Gasteiger partial charge < -0.3 is 19.1 Å². The Bertz CT molecular complexity index is 698. The van der Waals surface area contributed by atoms with Crippen LogP contribution in [-0.2, 0) is 0 Å².